The third-order valence-corrected chi connectivity index (χ3v) is 4.23. The molecule has 0 bridgehead atoms. The van der Waals surface area contributed by atoms with Crippen LogP contribution in [-0.2, 0) is 12.8 Å². The van der Waals surface area contributed by atoms with Gasteiger partial charge in [-0.1, -0.05) is 24.3 Å². The third-order valence-electron chi connectivity index (χ3n) is 3.67. The SMILES string of the molecule is CNc1ncc(Br)c(N2CCc3ccccc3CC2)n1. The second-order valence-corrected chi connectivity index (χ2v) is 5.73. The molecule has 0 spiro atoms. The van der Waals surface area contributed by atoms with Crippen molar-refractivity contribution in [1.29, 1.82) is 0 Å². The van der Waals surface area contributed by atoms with E-state index < -0.39 is 0 Å². The van der Waals surface area contributed by atoms with E-state index in [4.69, 9.17) is 0 Å². The summed E-state index contributed by atoms with van der Waals surface area (Å²) in [4.78, 5) is 11.1. The summed E-state index contributed by atoms with van der Waals surface area (Å²) in [6.07, 6.45) is 3.93. The summed E-state index contributed by atoms with van der Waals surface area (Å²) >= 11 is 3.56. The molecule has 1 aromatic carbocycles. The number of aromatic nitrogens is 2. The molecular weight excluding hydrogens is 316 g/mol. The maximum Gasteiger partial charge on any atom is 0.224 e. The first-order valence-electron chi connectivity index (χ1n) is 6.80. The Morgan fingerprint density at radius 3 is 2.40 bits per heavy atom. The first-order valence-corrected chi connectivity index (χ1v) is 7.59. The van der Waals surface area contributed by atoms with Gasteiger partial charge in [0.2, 0.25) is 5.95 Å². The predicted molar refractivity (Wildman–Crippen MR) is 85.3 cm³/mol. The Balaban J connectivity index is 1.86. The molecular formula is C15H17BrN4. The van der Waals surface area contributed by atoms with Crippen molar-refractivity contribution < 1.29 is 0 Å². The summed E-state index contributed by atoms with van der Waals surface area (Å²) in [6.45, 7) is 1.96. The fourth-order valence-electron chi connectivity index (χ4n) is 2.58. The number of nitrogens with zero attached hydrogens (tertiary/aromatic N) is 3. The molecule has 0 aliphatic carbocycles. The molecule has 0 unspecified atom stereocenters. The van der Waals surface area contributed by atoms with Crippen molar-refractivity contribution in [2.75, 3.05) is 30.4 Å². The van der Waals surface area contributed by atoms with Crippen molar-refractivity contribution in [1.82, 2.24) is 9.97 Å². The Hall–Kier alpha value is -1.62. The topological polar surface area (TPSA) is 41.1 Å². The van der Waals surface area contributed by atoms with Crippen LogP contribution in [-0.4, -0.2) is 30.1 Å². The Kier molecular flexibility index (Phi) is 3.87. The van der Waals surface area contributed by atoms with Crippen molar-refractivity contribution in [3.63, 3.8) is 0 Å². The minimum atomic E-state index is 0.657. The molecule has 104 valence electrons. The van der Waals surface area contributed by atoms with Gasteiger partial charge in [0.05, 0.1) is 4.47 Å². The number of halogens is 1. The maximum atomic E-state index is 4.58. The van der Waals surface area contributed by atoms with Crippen LogP contribution < -0.4 is 10.2 Å². The van der Waals surface area contributed by atoms with Crippen molar-refractivity contribution in [2.45, 2.75) is 12.8 Å². The van der Waals surface area contributed by atoms with Crippen LogP contribution in [0.3, 0.4) is 0 Å². The molecule has 0 amide bonds. The molecule has 0 fully saturated rings. The Bertz CT molecular complexity index is 588. The highest BCUT2D eigenvalue weighted by atomic mass is 79.9. The number of anilines is 2. The first-order chi connectivity index (χ1) is 9.78. The molecule has 5 heteroatoms. The van der Waals surface area contributed by atoms with E-state index in [0.29, 0.717) is 5.95 Å². The summed E-state index contributed by atoms with van der Waals surface area (Å²) in [7, 11) is 1.84. The van der Waals surface area contributed by atoms with Crippen LogP contribution in [0.25, 0.3) is 0 Å². The number of nitrogens with one attached hydrogen (secondary N) is 1. The molecule has 0 radical (unpaired) electrons. The molecule has 20 heavy (non-hydrogen) atoms. The van der Waals surface area contributed by atoms with E-state index in [9.17, 15) is 0 Å². The quantitative estimate of drug-likeness (QED) is 0.918. The molecule has 1 aliphatic rings. The minimum Gasteiger partial charge on any atom is -0.357 e. The number of hydrogen-bond donors (Lipinski definition) is 1. The average Bonchev–Trinajstić information content (AvgIpc) is 2.70. The molecule has 4 nitrogen and oxygen atoms in total. The highest BCUT2D eigenvalue weighted by Crippen LogP contribution is 2.26. The Morgan fingerprint density at radius 1 is 1.15 bits per heavy atom. The van der Waals surface area contributed by atoms with Crippen molar-refractivity contribution in [3.05, 3.63) is 46.1 Å². The zero-order valence-electron chi connectivity index (χ0n) is 11.4. The fourth-order valence-corrected chi connectivity index (χ4v) is 3.02. The average molecular weight is 333 g/mol. The van der Waals surface area contributed by atoms with E-state index >= 15 is 0 Å². The van der Waals surface area contributed by atoms with Gasteiger partial charge in [-0.15, -0.1) is 0 Å². The largest absolute Gasteiger partial charge is 0.357 e. The van der Waals surface area contributed by atoms with Gasteiger partial charge in [-0.05, 0) is 39.9 Å². The molecule has 2 aromatic rings. The molecule has 0 saturated heterocycles. The number of rotatable bonds is 2. The van der Waals surface area contributed by atoms with E-state index in [1.165, 1.54) is 11.1 Å². The van der Waals surface area contributed by atoms with Crippen molar-refractivity contribution in [3.8, 4) is 0 Å². The minimum absolute atomic E-state index is 0.657. The lowest BCUT2D eigenvalue weighted by Gasteiger charge is -2.22. The molecule has 2 heterocycles. The smallest absolute Gasteiger partial charge is 0.224 e. The Labute approximate surface area is 127 Å². The summed E-state index contributed by atoms with van der Waals surface area (Å²) < 4.78 is 0.947. The van der Waals surface area contributed by atoms with Crippen LogP contribution in [0.2, 0.25) is 0 Å². The normalized spacial score (nSPS) is 14.6. The standard InChI is InChI=1S/C15H17BrN4/c1-17-15-18-10-13(16)14(19-15)20-8-6-11-4-2-3-5-12(11)7-9-20/h2-5,10H,6-9H2,1H3,(H,17,18,19). The zero-order valence-corrected chi connectivity index (χ0v) is 13.0. The lowest BCUT2D eigenvalue weighted by molar-refractivity contribution is 0.786. The number of hydrogen-bond acceptors (Lipinski definition) is 4. The number of fused-ring (bicyclic) bond motifs is 1. The molecule has 1 aliphatic heterocycles. The van der Waals surface area contributed by atoms with Crippen LogP contribution in [0.5, 0.6) is 0 Å². The molecule has 3 rings (SSSR count). The van der Waals surface area contributed by atoms with E-state index in [2.05, 4.69) is 60.4 Å². The monoisotopic (exact) mass is 332 g/mol. The second-order valence-electron chi connectivity index (χ2n) is 4.87. The van der Waals surface area contributed by atoms with E-state index in [1.807, 2.05) is 13.2 Å². The Morgan fingerprint density at radius 2 is 1.80 bits per heavy atom. The van der Waals surface area contributed by atoms with Gasteiger partial charge in [-0.3, -0.25) is 0 Å². The van der Waals surface area contributed by atoms with Gasteiger partial charge in [0.1, 0.15) is 5.82 Å². The molecule has 0 atom stereocenters. The molecule has 0 saturated carbocycles. The van der Waals surface area contributed by atoms with Gasteiger partial charge >= 0.3 is 0 Å². The van der Waals surface area contributed by atoms with Gasteiger partial charge in [-0.25, -0.2) is 4.98 Å². The second kappa shape index (κ2) is 5.79. The van der Waals surface area contributed by atoms with Gasteiger partial charge in [-0.2, -0.15) is 4.98 Å². The lowest BCUT2D eigenvalue weighted by Crippen LogP contribution is -2.27. The van der Waals surface area contributed by atoms with Crippen LogP contribution >= 0.6 is 15.9 Å². The van der Waals surface area contributed by atoms with Crippen molar-refractivity contribution in [2.24, 2.45) is 0 Å². The summed E-state index contributed by atoms with van der Waals surface area (Å²) in [5.74, 6) is 1.63. The van der Waals surface area contributed by atoms with Crippen molar-refractivity contribution >= 4 is 27.7 Å². The van der Waals surface area contributed by atoms with Gasteiger partial charge in [0.15, 0.2) is 0 Å². The van der Waals surface area contributed by atoms with E-state index in [0.717, 1.165) is 36.2 Å². The highest BCUT2D eigenvalue weighted by Gasteiger charge is 2.17. The summed E-state index contributed by atoms with van der Waals surface area (Å²) in [5, 5.41) is 3.00. The highest BCUT2D eigenvalue weighted by molar-refractivity contribution is 9.10. The van der Waals surface area contributed by atoms with E-state index in [1.54, 1.807) is 0 Å². The van der Waals surface area contributed by atoms with Gasteiger partial charge in [0, 0.05) is 26.3 Å². The van der Waals surface area contributed by atoms with Crippen LogP contribution in [0.15, 0.2) is 34.9 Å². The van der Waals surface area contributed by atoms with E-state index in [-0.39, 0.29) is 0 Å². The number of benzene rings is 1. The molecule has 1 N–H and O–H groups in total. The first kappa shape index (κ1) is 13.4. The van der Waals surface area contributed by atoms with Crippen LogP contribution in [0, 0.1) is 0 Å². The van der Waals surface area contributed by atoms with Gasteiger partial charge < -0.3 is 10.2 Å². The molecule has 1 aromatic heterocycles. The third kappa shape index (κ3) is 2.63. The van der Waals surface area contributed by atoms with Gasteiger partial charge in [0.25, 0.3) is 0 Å². The fraction of sp³-hybridized carbons (Fsp3) is 0.333. The summed E-state index contributed by atoms with van der Waals surface area (Å²) in [5.41, 5.74) is 2.91. The van der Waals surface area contributed by atoms with Crippen LogP contribution in [0.1, 0.15) is 11.1 Å². The predicted octanol–water partition coefficient (Wildman–Crippen LogP) is 2.89. The maximum absolute atomic E-state index is 4.58. The summed E-state index contributed by atoms with van der Waals surface area (Å²) in [6, 6.07) is 8.70. The lowest BCUT2D eigenvalue weighted by atomic mass is 10.0. The zero-order chi connectivity index (χ0) is 13.9. The van der Waals surface area contributed by atoms with Crippen LogP contribution in [0.4, 0.5) is 11.8 Å².